The van der Waals surface area contributed by atoms with Gasteiger partial charge in [0.2, 0.25) is 10.0 Å². The summed E-state index contributed by atoms with van der Waals surface area (Å²) in [4.78, 5) is 12.1. The van der Waals surface area contributed by atoms with Crippen molar-refractivity contribution in [2.75, 3.05) is 13.1 Å². The summed E-state index contributed by atoms with van der Waals surface area (Å²) in [7, 11) is -3.46. The highest BCUT2D eigenvalue weighted by Crippen LogP contribution is 2.44. The minimum atomic E-state index is -3.46. The Morgan fingerprint density at radius 2 is 1.81 bits per heavy atom. The molecule has 0 unspecified atom stereocenters. The van der Waals surface area contributed by atoms with Crippen LogP contribution in [0.15, 0.2) is 48.5 Å². The number of rotatable bonds is 3. The number of sulfonamides is 1. The topological polar surface area (TPSA) is 63.7 Å². The van der Waals surface area contributed by atoms with E-state index in [1.54, 1.807) is 30.3 Å². The van der Waals surface area contributed by atoms with Gasteiger partial charge in [-0.25, -0.2) is 17.5 Å². The smallest absolute Gasteiger partial charge is 0.339 e. The molecule has 0 aromatic heterocycles. The summed E-state index contributed by atoms with van der Waals surface area (Å²) in [5, 5.41) is 0.518. The highest BCUT2D eigenvalue weighted by atomic mass is 35.5. The Morgan fingerprint density at radius 3 is 2.54 bits per heavy atom. The van der Waals surface area contributed by atoms with Crippen LogP contribution in [0.2, 0.25) is 5.02 Å². The van der Waals surface area contributed by atoms with Crippen molar-refractivity contribution in [1.29, 1.82) is 0 Å². The predicted molar refractivity (Wildman–Crippen MR) is 98.4 cm³/mol. The maximum atomic E-state index is 12.8. The number of nitrogens with zero attached hydrogens (tertiary/aromatic N) is 1. The number of ether oxygens (including phenoxy) is 1. The van der Waals surface area contributed by atoms with Crippen LogP contribution in [0.5, 0.6) is 0 Å². The fourth-order valence-electron chi connectivity index (χ4n) is 3.77. The molecule has 1 saturated heterocycles. The first-order chi connectivity index (χ1) is 12.4. The van der Waals surface area contributed by atoms with Gasteiger partial charge in [0.1, 0.15) is 5.60 Å². The molecule has 0 atom stereocenters. The third-order valence-corrected chi connectivity index (χ3v) is 7.17. The average molecular weight is 392 g/mol. The van der Waals surface area contributed by atoms with E-state index in [1.807, 2.05) is 18.2 Å². The van der Waals surface area contributed by atoms with Crippen molar-refractivity contribution in [3.8, 4) is 0 Å². The number of hydrogen-bond donors (Lipinski definition) is 0. The molecule has 1 spiro atoms. The van der Waals surface area contributed by atoms with Crippen LogP contribution in [0.25, 0.3) is 0 Å². The van der Waals surface area contributed by atoms with Gasteiger partial charge in [-0.1, -0.05) is 41.9 Å². The van der Waals surface area contributed by atoms with Crippen molar-refractivity contribution in [2.24, 2.45) is 0 Å². The minimum Gasteiger partial charge on any atom is -0.450 e. The molecule has 26 heavy (non-hydrogen) atoms. The lowest BCUT2D eigenvalue weighted by Crippen LogP contribution is -2.45. The molecule has 2 aliphatic rings. The maximum absolute atomic E-state index is 12.8. The number of esters is 1. The van der Waals surface area contributed by atoms with Gasteiger partial charge in [0, 0.05) is 36.5 Å². The largest absolute Gasteiger partial charge is 0.450 e. The molecule has 136 valence electrons. The molecule has 1 fully saturated rings. The zero-order chi connectivity index (χ0) is 18.4. The van der Waals surface area contributed by atoms with Crippen molar-refractivity contribution in [1.82, 2.24) is 4.31 Å². The Kier molecular flexibility index (Phi) is 4.29. The Hall–Kier alpha value is -1.89. The van der Waals surface area contributed by atoms with E-state index in [4.69, 9.17) is 16.3 Å². The molecular formula is C19H18ClNO4S. The SMILES string of the molecule is O=C1OC2(CCN(S(=O)(=O)Cc3cccc(Cl)c3)CC2)c2ccccc21. The Bertz CT molecular complexity index is 965. The molecule has 0 N–H and O–H groups in total. The van der Waals surface area contributed by atoms with E-state index in [1.165, 1.54) is 4.31 Å². The fraction of sp³-hybridized carbons (Fsp3) is 0.316. The van der Waals surface area contributed by atoms with Crippen molar-refractivity contribution < 1.29 is 17.9 Å². The van der Waals surface area contributed by atoms with Crippen LogP contribution in [0.4, 0.5) is 0 Å². The standard InChI is InChI=1S/C19H18ClNO4S/c20-15-5-3-4-14(12-15)13-26(23,24)21-10-8-19(9-11-21)17-7-2-1-6-16(17)18(22)25-19/h1-7,12H,8-11,13H2. The van der Waals surface area contributed by atoms with E-state index in [2.05, 4.69) is 0 Å². The van der Waals surface area contributed by atoms with E-state index in [9.17, 15) is 13.2 Å². The Morgan fingerprint density at radius 1 is 1.08 bits per heavy atom. The highest BCUT2D eigenvalue weighted by molar-refractivity contribution is 7.88. The summed E-state index contributed by atoms with van der Waals surface area (Å²) < 4.78 is 32.7. The summed E-state index contributed by atoms with van der Waals surface area (Å²) >= 11 is 5.95. The van der Waals surface area contributed by atoms with Gasteiger partial charge in [-0.05, 0) is 23.8 Å². The minimum absolute atomic E-state index is 0.0864. The Balaban J connectivity index is 1.51. The highest BCUT2D eigenvalue weighted by Gasteiger charge is 2.48. The molecule has 5 nitrogen and oxygen atoms in total. The first-order valence-electron chi connectivity index (χ1n) is 8.45. The zero-order valence-corrected chi connectivity index (χ0v) is 15.6. The molecule has 4 rings (SSSR count). The van der Waals surface area contributed by atoms with Crippen LogP contribution in [0, 0.1) is 0 Å². The van der Waals surface area contributed by atoms with Gasteiger partial charge in [-0.2, -0.15) is 0 Å². The van der Waals surface area contributed by atoms with E-state index < -0.39 is 15.6 Å². The van der Waals surface area contributed by atoms with E-state index in [0.717, 1.165) is 5.56 Å². The summed E-state index contributed by atoms with van der Waals surface area (Å²) in [5.74, 6) is -0.410. The lowest BCUT2D eigenvalue weighted by Gasteiger charge is -2.37. The number of halogens is 1. The number of benzene rings is 2. The second kappa shape index (κ2) is 6.37. The van der Waals surface area contributed by atoms with Crippen LogP contribution in [-0.4, -0.2) is 31.8 Å². The Labute approximate surface area is 157 Å². The van der Waals surface area contributed by atoms with E-state index >= 15 is 0 Å². The van der Waals surface area contributed by atoms with Crippen LogP contribution in [-0.2, 0) is 26.1 Å². The van der Waals surface area contributed by atoms with Crippen LogP contribution in [0.3, 0.4) is 0 Å². The maximum Gasteiger partial charge on any atom is 0.339 e. The second-order valence-electron chi connectivity index (χ2n) is 6.71. The number of carbonyl (C=O) groups excluding carboxylic acids is 1. The second-order valence-corrected chi connectivity index (χ2v) is 9.12. The third-order valence-electron chi connectivity index (χ3n) is 5.09. The van der Waals surface area contributed by atoms with Gasteiger partial charge in [0.15, 0.2) is 0 Å². The van der Waals surface area contributed by atoms with Crippen LogP contribution in [0.1, 0.15) is 34.3 Å². The predicted octanol–water partition coefficient (Wildman–Crippen LogP) is 3.33. The summed E-state index contributed by atoms with van der Waals surface area (Å²) in [6.45, 7) is 0.648. The van der Waals surface area contributed by atoms with Crippen LogP contribution < -0.4 is 0 Å². The van der Waals surface area contributed by atoms with Gasteiger partial charge >= 0.3 is 5.97 Å². The van der Waals surface area contributed by atoms with Gasteiger partial charge in [-0.15, -0.1) is 0 Å². The molecule has 2 heterocycles. The molecule has 2 aromatic rings. The number of piperidine rings is 1. The molecule has 0 amide bonds. The van der Waals surface area contributed by atoms with E-state index in [-0.39, 0.29) is 11.7 Å². The molecule has 0 bridgehead atoms. The molecule has 0 radical (unpaired) electrons. The first-order valence-corrected chi connectivity index (χ1v) is 10.4. The lowest BCUT2D eigenvalue weighted by molar-refractivity contribution is -0.0329. The molecule has 2 aliphatic heterocycles. The van der Waals surface area contributed by atoms with Gasteiger partial charge in [0.05, 0.1) is 11.3 Å². The molecule has 0 aliphatic carbocycles. The quantitative estimate of drug-likeness (QED) is 0.753. The van der Waals surface area contributed by atoms with Gasteiger partial charge in [0.25, 0.3) is 0 Å². The van der Waals surface area contributed by atoms with Crippen molar-refractivity contribution in [3.63, 3.8) is 0 Å². The molecule has 0 saturated carbocycles. The number of fused-ring (bicyclic) bond motifs is 2. The summed E-state index contributed by atoms with van der Waals surface area (Å²) in [6.07, 6.45) is 0.926. The van der Waals surface area contributed by atoms with Crippen molar-refractivity contribution >= 4 is 27.6 Å². The van der Waals surface area contributed by atoms with Crippen molar-refractivity contribution in [2.45, 2.75) is 24.2 Å². The average Bonchev–Trinajstić information content (AvgIpc) is 2.87. The van der Waals surface area contributed by atoms with Gasteiger partial charge in [-0.3, -0.25) is 0 Å². The number of carbonyl (C=O) groups is 1. The fourth-order valence-corrected chi connectivity index (χ4v) is 5.51. The summed E-state index contributed by atoms with van der Waals surface area (Å²) in [6, 6.07) is 14.2. The lowest BCUT2D eigenvalue weighted by atomic mass is 9.84. The molecular weight excluding hydrogens is 374 g/mol. The van der Waals surface area contributed by atoms with Crippen molar-refractivity contribution in [3.05, 3.63) is 70.2 Å². The zero-order valence-electron chi connectivity index (χ0n) is 14.0. The first kappa shape index (κ1) is 17.5. The monoisotopic (exact) mass is 391 g/mol. The third kappa shape index (κ3) is 3.02. The van der Waals surface area contributed by atoms with E-state index in [0.29, 0.717) is 42.1 Å². The number of hydrogen-bond acceptors (Lipinski definition) is 4. The summed E-state index contributed by atoms with van der Waals surface area (Å²) in [5.41, 5.74) is 1.42. The normalized spacial score (nSPS) is 19.3. The molecule has 2 aromatic carbocycles. The molecule has 7 heteroatoms. The van der Waals surface area contributed by atoms with Gasteiger partial charge < -0.3 is 4.74 Å². The van der Waals surface area contributed by atoms with Crippen LogP contribution >= 0.6 is 11.6 Å².